The molecule has 1 aromatic heterocycles. The molecule has 0 aromatic carbocycles. The highest BCUT2D eigenvalue weighted by atomic mass is 15.3. The molecule has 4 heteroatoms. The largest absolute Gasteiger partial charge is 0.314 e. The van der Waals surface area contributed by atoms with Gasteiger partial charge < -0.3 is 10.2 Å². The van der Waals surface area contributed by atoms with Crippen LogP contribution in [0.5, 0.6) is 0 Å². The average molecular weight is 250 g/mol. The minimum Gasteiger partial charge on any atom is -0.314 e. The van der Waals surface area contributed by atoms with Crippen LogP contribution in [0.25, 0.3) is 0 Å². The summed E-state index contributed by atoms with van der Waals surface area (Å²) in [6.45, 7) is 10.3. The van der Waals surface area contributed by atoms with Crippen LogP contribution in [0.15, 0.2) is 18.5 Å². The first kappa shape index (κ1) is 13.6. The van der Waals surface area contributed by atoms with Gasteiger partial charge >= 0.3 is 0 Å². The summed E-state index contributed by atoms with van der Waals surface area (Å²) in [5, 5.41) is 7.92. The molecule has 2 rings (SSSR count). The van der Waals surface area contributed by atoms with Crippen LogP contribution in [0.1, 0.15) is 26.7 Å². The third-order valence-electron chi connectivity index (χ3n) is 3.85. The zero-order valence-electron chi connectivity index (χ0n) is 11.7. The lowest BCUT2D eigenvalue weighted by molar-refractivity contribution is 0.142. The molecule has 1 aliphatic rings. The van der Waals surface area contributed by atoms with Gasteiger partial charge in [-0.3, -0.25) is 4.68 Å². The van der Waals surface area contributed by atoms with Crippen molar-refractivity contribution in [3.8, 4) is 0 Å². The first-order valence-electron chi connectivity index (χ1n) is 7.22. The SMILES string of the molecule is CCCNC1CCN(CCn2cccn2)CC1C. The Morgan fingerprint density at radius 2 is 2.28 bits per heavy atom. The smallest absolute Gasteiger partial charge is 0.0536 e. The van der Waals surface area contributed by atoms with E-state index in [4.69, 9.17) is 0 Å². The highest BCUT2D eigenvalue weighted by Crippen LogP contribution is 2.16. The van der Waals surface area contributed by atoms with Crippen molar-refractivity contribution in [1.82, 2.24) is 20.0 Å². The lowest BCUT2D eigenvalue weighted by atomic mass is 9.94. The van der Waals surface area contributed by atoms with Crippen molar-refractivity contribution >= 4 is 0 Å². The third-order valence-corrected chi connectivity index (χ3v) is 3.85. The lowest BCUT2D eigenvalue weighted by Crippen LogP contribution is -2.49. The van der Waals surface area contributed by atoms with E-state index in [2.05, 4.69) is 29.2 Å². The van der Waals surface area contributed by atoms with Crippen molar-refractivity contribution < 1.29 is 0 Å². The number of aromatic nitrogens is 2. The fraction of sp³-hybridized carbons (Fsp3) is 0.786. The summed E-state index contributed by atoms with van der Waals surface area (Å²) in [5.41, 5.74) is 0. The molecule has 0 saturated carbocycles. The van der Waals surface area contributed by atoms with Gasteiger partial charge in [-0.15, -0.1) is 0 Å². The van der Waals surface area contributed by atoms with Crippen molar-refractivity contribution in [1.29, 1.82) is 0 Å². The van der Waals surface area contributed by atoms with E-state index < -0.39 is 0 Å². The molecule has 0 amide bonds. The maximum atomic E-state index is 4.25. The molecule has 18 heavy (non-hydrogen) atoms. The van der Waals surface area contributed by atoms with Crippen LogP contribution in [0, 0.1) is 5.92 Å². The summed E-state index contributed by atoms with van der Waals surface area (Å²) in [4.78, 5) is 2.57. The molecule has 0 spiro atoms. The zero-order chi connectivity index (χ0) is 12.8. The van der Waals surface area contributed by atoms with Gasteiger partial charge in [0.25, 0.3) is 0 Å². The Bertz CT molecular complexity index is 323. The van der Waals surface area contributed by atoms with Crippen LogP contribution in [0.3, 0.4) is 0 Å². The molecule has 2 heterocycles. The van der Waals surface area contributed by atoms with Crippen LogP contribution in [-0.2, 0) is 6.54 Å². The Kier molecular flexibility index (Phi) is 5.20. The highest BCUT2D eigenvalue weighted by Gasteiger charge is 2.24. The van der Waals surface area contributed by atoms with Crippen LogP contribution >= 0.6 is 0 Å². The summed E-state index contributed by atoms with van der Waals surface area (Å²) in [6, 6.07) is 2.70. The Morgan fingerprint density at radius 3 is 2.94 bits per heavy atom. The van der Waals surface area contributed by atoms with Crippen molar-refractivity contribution in [3.63, 3.8) is 0 Å². The number of piperidine rings is 1. The van der Waals surface area contributed by atoms with Crippen LogP contribution < -0.4 is 5.32 Å². The monoisotopic (exact) mass is 250 g/mol. The van der Waals surface area contributed by atoms with E-state index >= 15 is 0 Å². The van der Waals surface area contributed by atoms with E-state index in [0.717, 1.165) is 25.6 Å². The van der Waals surface area contributed by atoms with E-state index in [1.54, 1.807) is 0 Å². The molecule has 4 nitrogen and oxygen atoms in total. The number of hydrogen-bond donors (Lipinski definition) is 1. The van der Waals surface area contributed by atoms with Gasteiger partial charge in [0.15, 0.2) is 0 Å². The first-order valence-corrected chi connectivity index (χ1v) is 7.22. The minimum atomic E-state index is 0.714. The standard InChI is InChI=1S/C14H26N4/c1-3-6-15-14-5-9-17(12-13(14)2)10-11-18-8-4-7-16-18/h4,7-8,13-15H,3,5-6,9-12H2,1-2H3. The van der Waals surface area contributed by atoms with Gasteiger partial charge in [0.05, 0.1) is 6.54 Å². The maximum Gasteiger partial charge on any atom is 0.0536 e. The van der Waals surface area contributed by atoms with Gasteiger partial charge in [0.2, 0.25) is 0 Å². The third kappa shape index (κ3) is 3.82. The molecule has 1 fully saturated rings. The van der Waals surface area contributed by atoms with Crippen molar-refractivity contribution in [2.75, 3.05) is 26.2 Å². The molecular formula is C14H26N4. The molecule has 0 bridgehead atoms. The van der Waals surface area contributed by atoms with Crippen LogP contribution in [0.2, 0.25) is 0 Å². The number of hydrogen-bond acceptors (Lipinski definition) is 3. The van der Waals surface area contributed by atoms with Crippen LogP contribution in [-0.4, -0.2) is 46.9 Å². The van der Waals surface area contributed by atoms with E-state index in [0.29, 0.717) is 6.04 Å². The lowest BCUT2D eigenvalue weighted by Gasteiger charge is -2.37. The van der Waals surface area contributed by atoms with E-state index in [1.807, 2.05) is 23.1 Å². The summed E-state index contributed by atoms with van der Waals surface area (Å²) >= 11 is 0. The van der Waals surface area contributed by atoms with Crippen LogP contribution in [0.4, 0.5) is 0 Å². The summed E-state index contributed by atoms with van der Waals surface area (Å²) < 4.78 is 2.02. The van der Waals surface area contributed by atoms with Gasteiger partial charge in [-0.1, -0.05) is 13.8 Å². The zero-order valence-corrected chi connectivity index (χ0v) is 11.7. The van der Waals surface area contributed by atoms with E-state index in [9.17, 15) is 0 Å². The number of rotatable bonds is 6. The topological polar surface area (TPSA) is 33.1 Å². The number of nitrogens with one attached hydrogen (secondary N) is 1. The van der Waals surface area contributed by atoms with Crippen molar-refractivity contribution in [2.24, 2.45) is 5.92 Å². The molecule has 1 N–H and O–H groups in total. The second-order valence-corrected chi connectivity index (χ2v) is 5.40. The van der Waals surface area contributed by atoms with Gasteiger partial charge in [0, 0.05) is 31.5 Å². The number of likely N-dealkylation sites (tertiary alicyclic amines) is 1. The van der Waals surface area contributed by atoms with E-state index in [-0.39, 0.29) is 0 Å². The predicted octanol–water partition coefficient (Wildman–Crippen LogP) is 1.59. The van der Waals surface area contributed by atoms with Crippen molar-refractivity contribution in [3.05, 3.63) is 18.5 Å². The molecule has 102 valence electrons. The second kappa shape index (κ2) is 6.90. The minimum absolute atomic E-state index is 0.714. The summed E-state index contributed by atoms with van der Waals surface area (Å²) in [7, 11) is 0. The summed E-state index contributed by atoms with van der Waals surface area (Å²) in [5.74, 6) is 0.753. The van der Waals surface area contributed by atoms with Gasteiger partial charge in [0.1, 0.15) is 0 Å². The molecule has 2 unspecified atom stereocenters. The van der Waals surface area contributed by atoms with Crippen molar-refractivity contribution in [2.45, 2.75) is 39.3 Å². The van der Waals surface area contributed by atoms with Gasteiger partial charge in [-0.2, -0.15) is 5.10 Å². The number of nitrogens with zero attached hydrogens (tertiary/aromatic N) is 3. The molecule has 1 aliphatic heterocycles. The quantitative estimate of drug-likeness (QED) is 0.832. The average Bonchev–Trinajstić information content (AvgIpc) is 2.88. The van der Waals surface area contributed by atoms with E-state index in [1.165, 1.54) is 25.9 Å². The molecule has 1 aromatic rings. The predicted molar refractivity (Wildman–Crippen MR) is 74.5 cm³/mol. The molecule has 2 atom stereocenters. The Hall–Kier alpha value is -0.870. The van der Waals surface area contributed by atoms with Gasteiger partial charge in [-0.25, -0.2) is 0 Å². The Labute approximate surface area is 110 Å². The normalized spacial score (nSPS) is 25.4. The molecule has 1 saturated heterocycles. The fourth-order valence-corrected chi connectivity index (χ4v) is 2.74. The second-order valence-electron chi connectivity index (χ2n) is 5.40. The highest BCUT2D eigenvalue weighted by molar-refractivity contribution is 4.83. The molecular weight excluding hydrogens is 224 g/mol. The Morgan fingerprint density at radius 1 is 1.39 bits per heavy atom. The molecule has 0 aliphatic carbocycles. The maximum absolute atomic E-state index is 4.25. The fourth-order valence-electron chi connectivity index (χ4n) is 2.74. The molecule has 0 radical (unpaired) electrons. The van der Waals surface area contributed by atoms with Gasteiger partial charge in [-0.05, 0) is 37.9 Å². The summed E-state index contributed by atoms with van der Waals surface area (Å²) in [6.07, 6.45) is 6.40. The first-order chi connectivity index (χ1) is 8.79. The Balaban J connectivity index is 1.70.